The second-order valence-corrected chi connectivity index (χ2v) is 15.5. The zero-order valence-electron chi connectivity index (χ0n) is 19.8. The molecule has 0 radical (unpaired) electrons. The SMILES string of the molecule is CC(C)(C)[Si](OCCCCC(Cl)(Cl)[C@H](O)C#CCCCCl)(c1ccccc1)c1ccccc1. The summed E-state index contributed by atoms with van der Waals surface area (Å²) in [6.45, 7) is 7.39. The van der Waals surface area contributed by atoms with Crippen molar-refractivity contribution in [1.29, 1.82) is 0 Å². The number of rotatable bonds is 11. The fourth-order valence-corrected chi connectivity index (χ4v) is 9.13. The lowest BCUT2D eigenvalue weighted by atomic mass is 10.1. The summed E-state index contributed by atoms with van der Waals surface area (Å²) >= 11 is 18.4. The Morgan fingerprint density at radius 3 is 1.94 bits per heavy atom. The van der Waals surface area contributed by atoms with Crippen LogP contribution in [0.15, 0.2) is 60.7 Å². The van der Waals surface area contributed by atoms with Crippen molar-refractivity contribution in [1.82, 2.24) is 0 Å². The average Bonchev–Trinajstić information content (AvgIpc) is 2.79. The number of halogens is 3. The van der Waals surface area contributed by atoms with E-state index in [9.17, 15) is 5.11 Å². The fraction of sp³-hybridized carbons (Fsp3) is 0.481. The van der Waals surface area contributed by atoms with Crippen LogP contribution < -0.4 is 10.4 Å². The lowest BCUT2D eigenvalue weighted by molar-refractivity contribution is 0.203. The van der Waals surface area contributed by atoms with Gasteiger partial charge >= 0.3 is 0 Å². The topological polar surface area (TPSA) is 29.5 Å². The van der Waals surface area contributed by atoms with Crippen molar-refractivity contribution in [3.05, 3.63) is 60.7 Å². The second-order valence-electron chi connectivity index (χ2n) is 9.25. The maximum atomic E-state index is 10.3. The van der Waals surface area contributed by atoms with E-state index in [1.54, 1.807) is 0 Å². The quantitative estimate of drug-likeness (QED) is 0.162. The van der Waals surface area contributed by atoms with E-state index in [1.807, 2.05) is 12.1 Å². The van der Waals surface area contributed by atoms with Crippen molar-refractivity contribution in [3.63, 3.8) is 0 Å². The molecule has 0 aliphatic carbocycles. The Bertz CT molecular complexity index is 847. The van der Waals surface area contributed by atoms with Gasteiger partial charge in [0.25, 0.3) is 8.32 Å². The molecule has 180 valence electrons. The monoisotopic (exact) mass is 524 g/mol. The van der Waals surface area contributed by atoms with Gasteiger partial charge in [-0.15, -0.1) is 17.5 Å². The van der Waals surface area contributed by atoms with Crippen molar-refractivity contribution < 1.29 is 9.53 Å². The van der Waals surface area contributed by atoms with Crippen LogP contribution in [0.5, 0.6) is 0 Å². The maximum Gasteiger partial charge on any atom is 0.261 e. The van der Waals surface area contributed by atoms with E-state index in [2.05, 4.69) is 81.1 Å². The van der Waals surface area contributed by atoms with Crippen LogP contribution in [0.2, 0.25) is 5.04 Å². The molecule has 0 saturated heterocycles. The molecule has 0 bridgehead atoms. The highest BCUT2D eigenvalue weighted by Crippen LogP contribution is 2.37. The van der Waals surface area contributed by atoms with Gasteiger partial charge < -0.3 is 9.53 Å². The molecular formula is C27H35Cl3O2Si. The number of unbranched alkanes of at least 4 members (excludes halogenated alkanes) is 2. The van der Waals surface area contributed by atoms with Crippen LogP contribution in [0.3, 0.4) is 0 Å². The van der Waals surface area contributed by atoms with Crippen molar-refractivity contribution >= 4 is 53.5 Å². The number of aliphatic hydroxyl groups excluding tert-OH is 1. The molecule has 0 saturated carbocycles. The maximum absolute atomic E-state index is 10.3. The molecule has 0 aliphatic heterocycles. The third kappa shape index (κ3) is 7.75. The van der Waals surface area contributed by atoms with Crippen LogP contribution in [-0.2, 0) is 4.43 Å². The number of benzene rings is 2. The molecule has 1 N–H and O–H groups in total. The van der Waals surface area contributed by atoms with E-state index in [0.29, 0.717) is 25.3 Å². The van der Waals surface area contributed by atoms with Crippen LogP contribution in [0.4, 0.5) is 0 Å². The Hall–Kier alpha value is -0.993. The Balaban J connectivity index is 2.09. The highest BCUT2D eigenvalue weighted by Gasteiger charge is 2.50. The lowest BCUT2D eigenvalue weighted by Crippen LogP contribution is -2.66. The number of hydrogen-bond donors (Lipinski definition) is 1. The summed E-state index contributed by atoms with van der Waals surface area (Å²) in [5.74, 6) is 6.18. The number of hydrogen-bond acceptors (Lipinski definition) is 2. The minimum Gasteiger partial charge on any atom is -0.407 e. The van der Waals surface area contributed by atoms with Gasteiger partial charge in [-0.3, -0.25) is 0 Å². The van der Waals surface area contributed by atoms with Gasteiger partial charge in [0.2, 0.25) is 0 Å². The Labute approximate surface area is 215 Å². The highest BCUT2D eigenvalue weighted by atomic mass is 35.5. The first kappa shape index (κ1) is 28.2. The van der Waals surface area contributed by atoms with Gasteiger partial charge in [0.15, 0.2) is 4.33 Å². The Morgan fingerprint density at radius 1 is 0.909 bits per heavy atom. The Kier molecular flexibility index (Phi) is 11.3. The van der Waals surface area contributed by atoms with Gasteiger partial charge in [0.05, 0.1) is 0 Å². The van der Waals surface area contributed by atoms with E-state index in [4.69, 9.17) is 39.2 Å². The summed E-state index contributed by atoms with van der Waals surface area (Å²) in [7, 11) is -2.54. The zero-order valence-corrected chi connectivity index (χ0v) is 23.1. The summed E-state index contributed by atoms with van der Waals surface area (Å²) in [6.07, 6.45) is 2.26. The smallest absolute Gasteiger partial charge is 0.261 e. The van der Waals surface area contributed by atoms with Gasteiger partial charge in [-0.05, 0) is 41.1 Å². The lowest BCUT2D eigenvalue weighted by Gasteiger charge is -2.43. The zero-order chi connectivity index (χ0) is 24.4. The number of aliphatic hydroxyl groups is 1. The van der Waals surface area contributed by atoms with E-state index in [-0.39, 0.29) is 5.04 Å². The largest absolute Gasteiger partial charge is 0.407 e. The van der Waals surface area contributed by atoms with Crippen LogP contribution in [0.25, 0.3) is 0 Å². The van der Waals surface area contributed by atoms with E-state index >= 15 is 0 Å². The minimum absolute atomic E-state index is 0.0623. The summed E-state index contributed by atoms with van der Waals surface area (Å²) in [6, 6.07) is 21.2. The van der Waals surface area contributed by atoms with Crippen LogP contribution in [0, 0.1) is 11.8 Å². The van der Waals surface area contributed by atoms with E-state index in [0.717, 1.165) is 19.3 Å². The molecule has 2 aromatic carbocycles. The summed E-state index contributed by atoms with van der Waals surface area (Å²) in [5, 5.41) is 12.7. The molecule has 0 fully saturated rings. The fourth-order valence-electron chi connectivity index (χ4n) is 4.02. The predicted octanol–water partition coefficient (Wildman–Crippen LogP) is 6.29. The van der Waals surface area contributed by atoms with E-state index < -0.39 is 18.8 Å². The summed E-state index contributed by atoms with van der Waals surface area (Å²) in [4.78, 5) is 0. The molecule has 2 nitrogen and oxygen atoms in total. The van der Waals surface area contributed by atoms with E-state index in [1.165, 1.54) is 10.4 Å². The van der Waals surface area contributed by atoms with Crippen molar-refractivity contribution in [2.24, 2.45) is 0 Å². The average molecular weight is 526 g/mol. The molecule has 2 aromatic rings. The van der Waals surface area contributed by atoms with Gasteiger partial charge in [0, 0.05) is 18.9 Å². The predicted molar refractivity (Wildman–Crippen MR) is 146 cm³/mol. The molecule has 0 unspecified atom stereocenters. The molecule has 6 heteroatoms. The summed E-state index contributed by atoms with van der Waals surface area (Å²) in [5.41, 5.74) is 0. The highest BCUT2D eigenvalue weighted by molar-refractivity contribution is 6.99. The molecule has 1 atom stereocenters. The third-order valence-corrected chi connectivity index (χ3v) is 11.8. The molecule has 0 heterocycles. The standard InChI is InChI=1S/C27H35Cl3O2Si/c1-26(2,3)33(23-15-7-4-8-16-23,24-17-9-5-10-18-24)32-22-14-12-20-27(29,30)25(31)19-11-6-13-21-28/h4-5,7-10,15-18,25,31H,6,12-14,20-22H2,1-3H3/t25-/m1/s1. The van der Waals surface area contributed by atoms with Crippen LogP contribution >= 0.6 is 34.8 Å². The number of alkyl halides is 3. The van der Waals surface area contributed by atoms with Crippen LogP contribution in [0.1, 0.15) is 52.9 Å². The molecular weight excluding hydrogens is 491 g/mol. The minimum atomic E-state index is -2.54. The van der Waals surface area contributed by atoms with Gasteiger partial charge in [0.1, 0.15) is 6.10 Å². The summed E-state index contributed by atoms with van der Waals surface area (Å²) < 4.78 is 5.58. The molecule has 0 aliphatic rings. The van der Waals surface area contributed by atoms with Crippen molar-refractivity contribution in [3.8, 4) is 11.8 Å². The van der Waals surface area contributed by atoms with Crippen LogP contribution in [-0.4, -0.2) is 36.3 Å². The first-order valence-electron chi connectivity index (χ1n) is 11.5. The first-order chi connectivity index (χ1) is 15.6. The normalized spacial score (nSPS) is 13.3. The first-order valence-corrected chi connectivity index (χ1v) is 14.7. The van der Waals surface area contributed by atoms with Gasteiger partial charge in [-0.2, -0.15) is 0 Å². The second kappa shape index (κ2) is 13.2. The van der Waals surface area contributed by atoms with Gasteiger partial charge in [-0.1, -0.05) is 111 Å². The van der Waals surface area contributed by atoms with Crippen molar-refractivity contribution in [2.75, 3.05) is 12.5 Å². The molecule has 33 heavy (non-hydrogen) atoms. The third-order valence-electron chi connectivity index (χ3n) is 5.71. The molecule has 0 spiro atoms. The van der Waals surface area contributed by atoms with Crippen molar-refractivity contribution in [2.45, 2.75) is 68.4 Å². The Morgan fingerprint density at radius 2 is 1.45 bits per heavy atom. The van der Waals surface area contributed by atoms with Gasteiger partial charge in [-0.25, -0.2) is 0 Å². The molecule has 2 rings (SSSR count). The molecule has 0 aromatic heterocycles. The molecule has 0 amide bonds.